The standard InChI is InChI=1S/C14H14N2O2/c1-10-5-3-4-6-12(10)15-14(18)11-7-8-13(17)16(2)9-11/h3-9H,1-2H3,(H,15,18). The van der Waals surface area contributed by atoms with Crippen LogP contribution in [0.25, 0.3) is 0 Å². The normalized spacial score (nSPS) is 10.1. The summed E-state index contributed by atoms with van der Waals surface area (Å²) in [4.78, 5) is 23.2. The highest BCUT2D eigenvalue weighted by molar-refractivity contribution is 6.04. The van der Waals surface area contributed by atoms with Crippen LogP contribution in [0, 0.1) is 6.92 Å². The van der Waals surface area contributed by atoms with Gasteiger partial charge in [0.1, 0.15) is 0 Å². The van der Waals surface area contributed by atoms with Crippen molar-refractivity contribution in [3.63, 3.8) is 0 Å². The Hall–Kier alpha value is -2.36. The predicted octanol–water partition coefficient (Wildman–Crippen LogP) is 1.95. The maximum atomic E-state index is 12.0. The highest BCUT2D eigenvalue weighted by Gasteiger charge is 2.07. The van der Waals surface area contributed by atoms with Crippen LogP contribution in [0.1, 0.15) is 15.9 Å². The topological polar surface area (TPSA) is 51.1 Å². The maximum absolute atomic E-state index is 12.0. The minimum absolute atomic E-state index is 0.137. The van der Waals surface area contributed by atoms with Crippen LogP contribution in [0.3, 0.4) is 0 Å². The van der Waals surface area contributed by atoms with E-state index in [1.165, 1.54) is 22.9 Å². The highest BCUT2D eigenvalue weighted by Crippen LogP contribution is 2.14. The van der Waals surface area contributed by atoms with Crippen LogP contribution < -0.4 is 10.9 Å². The third kappa shape index (κ3) is 2.48. The quantitative estimate of drug-likeness (QED) is 0.875. The molecule has 0 radical (unpaired) electrons. The van der Waals surface area contributed by atoms with Crippen molar-refractivity contribution in [3.8, 4) is 0 Å². The van der Waals surface area contributed by atoms with Gasteiger partial charge in [0.25, 0.3) is 5.91 Å². The molecule has 2 rings (SSSR count). The molecule has 0 bridgehead atoms. The molecular weight excluding hydrogens is 228 g/mol. The zero-order valence-electron chi connectivity index (χ0n) is 10.3. The van der Waals surface area contributed by atoms with Gasteiger partial charge < -0.3 is 9.88 Å². The molecule has 4 heteroatoms. The summed E-state index contributed by atoms with van der Waals surface area (Å²) in [5, 5.41) is 2.82. The summed E-state index contributed by atoms with van der Waals surface area (Å²) in [6.07, 6.45) is 1.52. The highest BCUT2D eigenvalue weighted by atomic mass is 16.2. The smallest absolute Gasteiger partial charge is 0.257 e. The van der Waals surface area contributed by atoms with Crippen LogP contribution in [-0.2, 0) is 7.05 Å². The molecule has 92 valence electrons. The number of aromatic nitrogens is 1. The first kappa shape index (κ1) is 12.1. The molecule has 0 aliphatic carbocycles. The lowest BCUT2D eigenvalue weighted by Gasteiger charge is -2.08. The average Bonchev–Trinajstić information content (AvgIpc) is 2.35. The van der Waals surface area contributed by atoms with Gasteiger partial charge in [-0.1, -0.05) is 18.2 Å². The van der Waals surface area contributed by atoms with Gasteiger partial charge in [-0.25, -0.2) is 0 Å². The van der Waals surface area contributed by atoms with Gasteiger partial charge in [-0.3, -0.25) is 9.59 Å². The molecule has 1 aromatic heterocycles. The third-order valence-corrected chi connectivity index (χ3v) is 2.74. The fourth-order valence-electron chi connectivity index (χ4n) is 1.64. The molecule has 0 atom stereocenters. The van der Waals surface area contributed by atoms with Crippen molar-refractivity contribution in [2.75, 3.05) is 5.32 Å². The number of carbonyl (C=O) groups excluding carboxylic acids is 1. The minimum atomic E-state index is -0.222. The Morgan fingerprint density at radius 3 is 2.56 bits per heavy atom. The van der Waals surface area contributed by atoms with Crippen LogP contribution in [0.15, 0.2) is 47.4 Å². The Kier molecular flexibility index (Phi) is 3.28. The molecule has 4 nitrogen and oxygen atoms in total. The first-order chi connectivity index (χ1) is 8.58. The molecule has 0 aliphatic heterocycles. The molecule has 0 saturated heterocycles. The summed E-state index contributed by atoms with van der Waals surface area (Å²) < 4.78 is 1.38. The van der Waals surface area contributed by atoms with E-state index < -0.39 is 0 Å². The summed E-state index contributed by atoms with van der Waals surface area (Å²) in [6, 6.07) is 10.5. The Morgan fingerprint density at radius 1 is 1.17 bits per heavy atom. The Morgan fingerprint density at radius 2 is 1.89 bits per heavy atom. The lowest BCUT2D eigenvalue weighted by atomic mass is 10.2. The first-order valence-corrected chi connectivity index (χ1v) is 5.61. The van der Waals surface area contributed by atoms with Crippen LogP contribution >= 0.6 is 0 Å². The molecule has 1 heterocycles. The number of anilines is 1. The van der Waals surface area contributed by atoms with Crippen molar-refractivity contribution in [2.45, 2.75) is 6.92 Å². The van der Waals surface area contributed by atoms with Gasteiger partial charge in [0, 0.05) is 25.0 Å². The number of pyridine rings is 1. The number of benzene rings is 1. The SMILES string of the molecule is Cc1ccccc1NC(=O)c1ccc(=O)n(C)c1. The molecule has 18 heavy (non-hydrogen) atoms. The number of hydrogen-bond acceptors (Lipinski definition) is 2. The van der Waals surface area contributed by atoms with Gasteiger partial charge in [-0.15, -0.1) is 0 Å². The van der Waals surface area contributed by atoms with Crippen molar-refractivity contribution in [1.82, 2.24) is 4.57 Å². The van der Waals surface area contributed by atoms with E-state index in [0.29, 0.717) is 5.56 Å². The Balaban J connectivity index is 2.25. The second-order valence-electron chi connectivity index (χ2n) is 4.14. The third-order valence-electron chi connectivity index (χ3n) is 2.74. The van der Waals surface area contributed by atoms with Crippen molar-refractivity contribution in [1.29, 1.82) is 0 Å². The number of nitrogens with zero attached hydrogens (tertiary/aromatic N) is 1. The molecule has 0 fully saturated rings. The zero-order valence-corrected chi connectivity index (χ0v) is 10.3. The maximum Gasteiger partial charge on any atom is 0.257 e. The van der Waals surface area contributed by atoms with E-state index in [0.717, 1.165) is 11.3 Å². The molecule has 2 aromatic rings. The van der Waals surface area contributed by atoms with Crippen LogP contribution in [0.5, 0.6) is 0 Å². The average molecular weight is 242 g/mol. The van der Waals surface area contributed by atoms with Crippen LogP contribution in [0.4, 0.5) is 5.69 Å². The molecule has 0 aliphatic rings. The Bertz CT molecular complexity index is 644. The lowest BCUT2D eigenvalue weighted by molar-refractivity contribution is 0.102. The fourth-order valence-corrected chi connectivity index (χ4v) is 1.64. The summed E-state index contributed by atoms with van der Waals surface area (Å²) in [5.41, 5.74) is 2.09. The number of nitrogens with one attached hydrogen (secondary N) is 1. The zero-order chi connectivity index (χ0) is 13.1. The summed E-state index contributed by atoms with van der Waals surface area (Å²) >= 11 is 0. The molecule has 0 unspecified atom stereocenters. The fraction of sp³-hybridized carbons (Fsp3) is 0.143. The van der Waals surface area contributed by atoms with E-state index in [4.69, 9.17) is 0 Å². The van der Waals surface area contributed by atoms with Crippen molar-refractivity contribution in [3.05, 3.63) is 64.1 Å². The number of amides is 1. The largest absolute Gasteiger partial charge is 0.322 e. The number of para-hydroxylation sites is 1. The van der Waals surface area contributed by atoms with E-state index in [1.54, 1.807) is 7.05 Å². The van der Waals surface area contributed by atoms with Crippen molar-refractivity contribution < 1.29 is 4.79 Å². The van der Waals surface area contributed by atoms with E-state index in [-0.39, 0.29) is 11.5 Å². The summed E-state index contributed by atoms with van der Waals surface area (Å²) in [5.74, 6) is -0.222. The van der Waals surface area contributed by atoms with E-state index in [9.17, 15) is 9.59 Å². The summed E-state index contributed by atoms with van der Waals surface area (Å²) in [6.45, 7) is 1.93. The van der Waals surface area contributed by atoms with Crippen LogP contribution in [-0.4, -0.2) is 10.5 Å². The van der Waals surface area contributed by atoms with Gasteiger partial charge in [0.05, 0.1) is 5.56 Å². The minimum Gasteiger partial charge on any atom is -0.322 e. The molecule has 1 amide bonds. The molecular formula is C14H14N2O2. The lowest BCUT2D eigenvalue weighted by Crippen LogP contribution is -2.19. The molecule has 0 saturated carbocycles. The number of aryl methyl sites for hydroxylation is 2. The molecule has 1 aromatic carbocycles. The number of carbonyl (C=O) groups is 1. The number of rotatable bonds is 2. The first-order valence-electron chi connectivity index (χ1n) is 5.61. The Labute approximate surface area is 105 Å². The molecule has 1 N–H and O–H groups in total. The second kappa shape index (κ2) is 4.87. The predicted molar refractivity (Wildman–Crippen MR) is 70.8 cm³/mol. The monoisotopic (exact) mass is 242 g/mol. The number of hydrogen-bond donors (Lipinski definition) is 1. The van der Waals surface area contributed by atoms with Gasteiger partial charge in [0.15, 0.2) is 0 Å². The van der Waals surface area contributed by atoms with E-state index in [2.05, 4.69) is 5.32 Å². The second-order valence-corrected chi connectivity index (χ2v) is 4.14. The van der Waals surface area contributed by atoms with Gasteiger partial charge in [-0.05, 0) is 24.6 Å². The van der Waals surface area contributed by atoms with Gasteiger partial charge >= 0.3 is 0 Å². The van der Waals surface area contributed by atoms with Crippen molar-refractivity contribution >= 4 is 11.6 Å². The summed E-state index contributed by atoms with van der Waals surface area (Å²) in [7, 11) is 1.62. The van der Waals surface area contributed by atoms with Crippen LogP contribution in [0.2, 0.25) is 0 Å². The van der Waals surface area contributed by atoms with E-state index >= 15 is 0 Å². The van der Waals surface area contributed by atoms with E-state index in [1.807, 2.05) is 31.2 Å². The van der Waals surface area contributed by atoms with Gasteiger partial charge in [0.2, 0.25) is 5.56 Å². The van der Waals surface area contributed by atoms with Crippen molar-refractivity contribution in [2.24, 2.45) is 7.05 Å². The molecule has 0 spiro atoms. The van der Waals surface area contributed by atoms with Gasteiger partial charge in [-0.2, -0.15) is 0 Å².